The number of carbonyl (C=O) groups excluding carboxylic acids is 1. The summed E-state index contributed by atoms with van der Waals surface area (Å²) in [6.45, 7) is 3.82. The van der Waals surface area contributed by atoms with Gasteiger partial charge < -0.3 is 10.6 Å². The van der Waals surface area contributed by atoms with Crippen LogP contribution in [0, 0.1) is 18.3 Å². The molecule has 0 spiro atoms. The monoisotopic (exact) mass is 283 g/mol. The van der Waals surface area contributed by atoms with E-state index < -0.39 is 5.54 Å². The van der Waals surface area contributed by atoms with Gasteiger partial charge in [0.05, 0.1) is 11.1 Å². The summed E-state index contributed by atoms with van der Waals surface area (Å²) in [6.07, 6.45) is 11.5. The highest BCUT2D eigenvalue weighted by atomic mass is 16.1. The summed E-state index contributed by atoms with van der Waals surface area (Å²) in [6, 6.07) is 3.57. The van der Waals surface area contributed by atoms with Crippen molar-refractivity contribution in [1.82, 2.24) is 10.3 Å². The Morgan fingerprint density at radius 1 is 1.57 bits per heavy atom. The number of aromatic nitrogens is 1. The van der Waals surface area contributed by atoms with Crippen LogP contribution in [-0.4, -0.2) is 22.0 Å². The third kappa shape index (κ3) is 2.37. The van der Waals surface area contributed by atoms with E-state index in [1.54, 1.807) is 18.3 Å². The molecule has 1 aromatic heterocycles. The summed E-state index contributed by atoms with van der Waals surface area (Å²) in [5.74, 6) is 4.03. The Hall–Kier alpha value is -2.02. The summed E-state index contributed by atoms with van der Waals surface area (Å²) in [7, 11) is 0. The Morgan fingerprint density at radius 3 is 2.81 bits per heavy atom. The topological polar surface area (TPSA) is 54.0 Å². The molecule has 2 N–H and O–H groups in total. The first-order valence-corrected chi connectivity index (χ1v) is 7.53. The second-order valence-corrected chi connectivity index (χ2v) is 6.57. The number of carbonyl (C=O) groups is 1. The third-order valence-corrected chi connectivity index (χ3v) is 4.89. The molecule has 4 heteroatoms. The molecule has 110 valence electrons. The molecule has 4 rings (SSSR count). The number of hydrogen-bond donors (Lipinski definition) is 2. The summed E-state index contributed by atoms with van der Waals surface area (Å²) in [4.78, 5) is 16.9. The van der Waals surface area contributed by atoms with Gasteiger partial charge in [-0.05, 0) is 50.7 Å². The van der Waals surface area contributed by atoms with Crippen molar-refractivity contribution in [1.29, 1.82) is 0 Å². The van der Waals surface area contributed by atoms with Crippen molar-refractivity contribution in [3.63, 3.8) is 0 Å². The molecule has 0 aliphatic heterocycles. The molecular formula is C17H21N3O. The molecule has 4 nitrogen and oxygen atoms in total. The number of amides is 1. The Morgan fingerprint density at radius 2 is 2.29 bits per heavy atom. The molecule has 21 heavy (non-hydrogen) atoms. The van der Waals surface area contributed by atoms with Gasteiger partial charge in [0.25, 0.3) is 5.91 Å². The van der Waals surface area contributed by atoms with Gasteiger partial charge in [-0.25, -0.2) is 4.98 Å². The van der Waals surface area contributed by atoms with Crippen LogP contribution in [0.2, 0.25) is 0 Å². The van der Waals surface area contributed by atoms with E-state index in [4.69, 9.17) is 6.42 Å². The van der Waals surface area contributed by atoms with E-state index in [1.807, 2.05) is 13.8 Å². The molecular weight excluding hydrogens is 262 g/mol. The first-order chi connectivity index (χ1) is 9.99. The number of hydrogen-bond acceptors (Lipinski definition) is 3. The van der Waals surface area contributed by atoms with Gasteiger partial charge >= 0.3 is 0 Å². The second-order valence-electron chi connectivity index (χ2n) is 6.57. The van der Waals surface area contributed by atoms with Crippen molar-refractivity contribution in [2.24, 2.45) is 5.92 Å². The van der Waals surface area contributed by atoms with Crippen LogP contribution in [0.5, 0.6) is 0 Å². The molecule has 1 atom stereocenters. The second kappa shape index (κ2) is 4.77. The van der Waals surface area contributed by atoms with Crippen LogP contribution >= 0.6 is 0 Å². The number of rotatable bonds is 5. The minimum absolute atomic E-state index is 0.167. The highest BCUT2D eigenvalue weighted by Gasteiger charge is 2.57. The molecule has 0 radical (unpaired) electrons. The lowest BCUT2D eigenvalue weighted by Gasteiger charge is -2.62. The molecule has 3 saturated carbocycles. The maximum absolute atomic E-state index is 12.5. The Labute approximate surface area is 125 Å². The lowest BCUT2D eigenvalue weighted by Crippen LogP contribution is -2.63. The predicted octanol–water partition coefficient (Wildman–Crippen LogP) is 2.58. The molecule has 1 heterocycles. The highest BCUT2D eigenvalue weighted by Crippen LogP contribution is 2.58. The quantitative estimate of drug-likeness (QED) is 0.817. The number of nitrogens with zero attached hydrogens (tertiary/aromatic N) is 1. The standard InChI is InChI=1S/C17H21N3O/c1-4-16(3,5-2)20-15(21)13-7-6-8-18-14(13)19-17-9-12(10-17)11-17/h1,6-8,12H,5,9-11H2,2-3H3,(H,18,19)(H,20,21)/t12?,16-,17?/m0/s1. The van der Waals surface area contributed by atoms with Crippen LogP contribution in [-0.2, 0) is 0 Å². The maximum atomic E-state index is 12.5. The van der Waals surface area contributed by atoms with Gasteiger partial charge in [-0.1, -0.05) is 12.8 Å². The van der Waals surface area contributed by atoms with Crippen molar-refractivity contribution in [3.8, 4) is 12.3 Å². The Bertz CT molecular complexity index is 602. The fourth-order valence-electron chi connectivity index (χ4n) is 3.12. The zero-order chi connectivity index (χ0) is 15.1. The van der Waals surface area contributed by atoms with Crippen molar-refractivity contribution in [2.75, 3.05) is 5.32 Å². The van der Waals surface area contributed by atoms with Crippen LogP contribution < -0.4 is 10.6 Å². The normalized spacial score (nSPS) is 28.3. The van der Waals surface area contributed by atoms with E-state index in [0.717, 1.165) is 5.92 Å². The molecule has 0 unspecified atom stereocenters. The average molecular weight is 283 g/mol. The van der Waals surface area contributed by atoms with Gasteiger partial charge in [0, 0.05) is 11.7 Å². The SMILES string of the molecule is C#C[C@@](C)(CC)NC(=O)c1cccnc1NC12CC(C1)C2. The summed E-state index contributed by atoms with van der Waals surface area (Å²) < 4.78 is 0. The average Bonchev–Trinajstić information content (AvgIpc) is 2.41. The van der Waals surface area contributed by atoms with E-state index >= 15 is 0 Å². The first kappa shape index (κ1) is 13.9. The van der Waals surface area contributed by atoms with Gasteiger partial charge in [-0.15, -0.1) is 6.42 Å². The smallest absolute Gasteiger partial charge is 0.256 e. The van der Waals surface area contributed by atoms with Gasteiger partial charge in [-0.3, -0.25) is 4.79 Å². The van der Waals surface area contributed by atoms with E-state index in [0.29, 0.717) is 17.8 Å². The number of terminal acetylenes is 1. The van der Waals surface area contributed by atoms with Crippen LogP contribution in [0.25, 0.3) is 0 Å². The van der Waals surface area contributed by atoms with Gasteiger partial charge in [0.2, 0.25) is 0 Å². The molecule has 2 bridgehead atoms. The van der Waals surface area contributed by atoms with Gasteiger partial charge in [0.1, 0.15) is 5.82 Å². The molecule has 3 aliphatic rings. The maximum Gasteiger partial charge on any atom is 0.256 e. The van der Waals surface area contributed by atoms with Crippen molar-refractivity contribution in [2.45, 2.75) is 50.6 Å². The largest absolute Gasteiger partial charge is 0.364 e. The highest BCUT2D eigenvalue weighted by molar-refractivity contribution is 5.99. The predicted molar refractivity (Wildman–Crippen MR) is 82.9 cm³/mol. The van der Waals surface area contributed by atoms with Gasteiger partial charge in [0.15, 0.2) is 0 Å². The van der Waals surface area contributed by atoms with E-state index in [2.05, 4.69) is 21.5 Å². The number of pyridine rings is 1. The lowest BCUT2D eigenvalue weighted by atomic mass is 9.50. The number of anilines is 1. The van der Waals surface area contributed by atoms with Crippen molar-refractivity contribution < 1.29 is 4.79 Å². The summed E-state index contributed by atoms with van der Waals surface area (Å²) in [5.41, 5.74) is 0.131. The molecule has 1 aromatic rings. The van der Waals surface area contributed by atoms with Crippen molar-refractivity contribution in [3.05, 3.63) is 23.9 Å². The Balaban J connectivity index is 1.78. The summed E-state index contributed by atoms with van der Waals surface area (Å²) >= 11 is 0. The van der Waals surface area contributed by atoms with Crippen LogP contribution in [0.4, 0.5) is 5.82 Å². The minimum Gasteiger partial charge on any atom is -0.364 e. The Kier molecular flexibility index (Phi) is 3.16. The van der Waals surface area contributed by atoms with Crippen molar-refractivity contribution >= 4 is 11.7 Å². The lowest BCUT2D eigenvalue weighted by molar-refractivity contribution is 0.00176. The first-order valence-electron chi connectivity index (χ1n) is 7.53. The molecule has 1 amide bonds. The van der Waals surface area contributed by atoms with Crippen LogP contribution in [0.1, 0.15) is 49.9 Å². The fraction of sp³-hybridized carbons (Fsp3) is 0.529. The molecule has 0 aromatic carbocycles. The van der Waals surface area contributed by atoms with Gasteiger partial charge in [-0.2, -0.15) is 0 Å². The van der Waals surface area contributed by atoms with E-state index in [1.165, 1.54) is 19.3 Å². The third-order valence-electron chi connectivity index (χ3n) is 4.89. The van der Waals surface area contributed by atoms with E-state index in [9.17, 15) is 4.79 Å². The molecule has 3 aliphatic carbocycles. The molecule has 0 saturated heterocycles. The number of nitrogens with one attached hydrogen (secondary N) is 2. The molecule has 3 fully saturated rings. The zero-order valence-electron chi connectivity index (χ0n) is 12.6. The van der Waals surface area contributed by atoms with Crippen LogP contribution in [0.15, 0.2) is 18.3 Å². The zero-order valence-corrected chi connectivity index (χ0v) is 12.6. The summed E-state index contributed by atoms with van der Waals surface area (Å²) in [5, 5.41) is 6.40. The minimum atomic E-state index is -0.624. The van der Waals surface area contributed by atoms with Crippen LogP contribution in [0.3, 0.4) is 0 Å². The fourth-order valence-corrected chi connectivity index (χ4v) is 3.12. The van der Waals surface area contributed by atoms with E-state index in [-0.39, 0.29) is 11.4 Å².